The van der Waals surface area contributed by atoms with E-state index in [0.717, 1.165) is 0 Å². The monoisotopic (exact) mass is 797 g/mol. The van der Waals surface area contributed by atoms with Crippen molar-refractivity contribution in [3.63, 3.8) is 0 Å². The maximum absolute atomic E-state index is 2.37. The lowest BCUT2D eigenvalue weighted by molar-refractivity contribution is 0.538. The van der Waals surface area contributed by atoms with Crippen molar-refractivity contribution in [3.8, 4) is 0 Å². The molecule has 0 aromatic carbocycles. The standard InChI is InChI=1S/C43H75NS6/c1-6-8-10-12-14-16-18-20-22-24-26-28-30-32-34-45-40-41(46-35-33-31-29-27-25-23-21-19-17-15-13-11-9-7-2)50-43(49-40)42-47-38-36(3)44(5)37(4)39(38)48-42/h6-35H2,1-5H3. The summed E-state index contributed by atoms with van der Waals surface area (Å²) in [6.07, 6.45) is 40.3. The first-order chi connectivity index (χ1) is 24.6. The molecule has 0 radical (unpaired) electrons. The van der Waals surface area contributed by atoms with E-state index in [-0.39, 0.29) is 0 Å². The Hall–Kier alpha value is 0.860. The number of hydrogen-bond donors (Lipinski definition) is 0. The van der Waals surface area contributed by atoms with Crippen molar-refractivity contribution in [3.05, 3.63) is 28.3 Å². The zero-order valence-corrected chi connectivity index (χ0v) is 38.0. The molecule has 288 valence electrons. The third-order valence-electron chi connectivity index (χ3n) is 10.4. The van der Waals surface area contributed by atoms with Gasteiger partial charge >= 0.3 is 0 Å². The molecule has 3 heterocycles. The molecule has 0 N–H and O–H groups in total. The second-order valence-electron chi connectivity index (χ2n) is 14.8. The van der Waals surface area contributed by atoms with E-state index in [0.29, 0.717) is 0 Å². The minimum atomic E-state index is 1.28. The van der Waals surface area contributed by atoms with Crippen LogP contribution in [0, 0.1) is 13.8 Å². The SMILES string of the molecule is CCCCCCCCCCCCCCCCSC1=C(SCCCCCCCCCCCCCCCC)SC(=C2Sc3c(c(C)n(C)c3C)S2)S1. The quantitative estimate of drug-likeness (QED) is 0.0664. The lowest BCUT2D eigenvalue weighted by atomic mass is 10.0. The van der Waals surface area contributed by atoms with Crippen molar-refractivity contribution >= 4 is 70.6 Å². The highest BCUT2D eigenvalue weighted by molar-refractivity contribution is 8.42. The smallest absolute Gasteiger partial charge is 0.0717 e. The van der Waals surface area contributed by atoms with Crippen LogP contribution in [0.5, 0.6) is 0 Å². The van der Waals surface area contributed by atoms with Crippen LogP contribution in [0.1, 0.15) is 205 Å². The van der Waals surface area contributed by atoms with Gasteiger partial charge in [-0.3, -0.25) is 0 Å². The molecule has 0 saturated heterocycles. The zero-order valence-electron chi connectivity index (χ0n) is 33.1. The van der Waals surface area contributed by atoms with Crippen LogP contribution in [0.2, 0.25) is 0 Å². The van der Waals surface area contributed by atoms with Gasteiger partial charge in [-0.15, -0.1) is 23.5 Å². The predicted octanol–water partition coefficient (Wildman–Crippen LogP) is 18.0. The molecule has 1 nitrogen and oxygen atoms in total. The number of thioether (sulfide) groups is 6. The van der Waals surface area contributed by atoms with E-state index in [1.165, 1.54) is 217 Å². The first kappa shape index (κ1) is 45.3. The molecule has 0 atom stereocenters. The Morgan fingerprint density at radius 1 is 0.380 bits per heavy atom. The Bertz CT molecular complexity index is 1030. The summed E-state index contributed by atoms with van der Waals surface area (Å²) in [6.45, 7) is 9.20. The van der Waals surface area contributed by atoms with Crippen LogP contribution < -0.4 is 0 Å². The van der Waals surface area contributed by atoms with Gasteiger partial charge in [-0.05, 0) is 38.2 Å². The van der Waals surface area contributed by atoms with Gasteiger partial charge in [0, 0.05) is 28.2 Å². The van der Waals surface area contributed by atoms with Gasteiger partial charge in [-0.25, -0.2) is 0 Å². The second kappa shape index (κ2) is 29.2. The third-order valence-corrected chi connectivity index (χ3v) is 19.5. The van der Waals surface area contributed by atoms with Crippen molar-refractivity contribution < 1.29 is 0 Å². The zero-order chi connectivity index (χ0) is 35.7. The number of aromatic nitrogens is 1. The predicted molar refractivity (Wildman–Crippen MR) is 241 cm³/mol. The van der Waals surface area contributed by atoms with Crippen molar-refractivity contribution in [1.82, 2.24) is 4.57 Å². The normalized spacial score (nSPS) is 14.6. The number of hydrogen-bond acceptors (Lipinski definition) is 6. The molecule has 1 aromatic rings. The molecule has 0 fully saturated rings. The van der Waals surface area contributed by atoms with Crippen LogP contribution in [0.4, 0.5) is 0 Å². The highest BCUT2D eigenvalue weighted by atomic mass is 32.3. The summed E-state index contributed by atoms with van der Waals surface area (Å²) in [7, 11) is 2.22. The Morgan fingerprint density at radius 2 is 0.640 bits per heavy atom. The molecule has 0 saturated carbocycles. The average molecular weight is 798 g/mol. The molecule has 0 aliphatic carbocycles. The second-order valence-corrected chi connectivity index (χ2v) is 22.2. The van der Waals surface area contributed by atoms with Gasteiger partial charge in [0.05, 0.1) is 16.9 Å². The summed E-state index contributed by atoms with van der Waals surface area (Å²) >= 11 is 12.6. The van der Waals surface area contributed by atoms with E-state index in [4.69, 9.17) is 0 Å². The van der Waals surface area contributed by atoms with E-state index in [2.05, 4.69) is 86.4 Å². The van der Waals surface area contributed by atoms with Gasteiger partial charge in [-0.2, -0.15) is 0 Å². The fourth-order valence-electron chi connectivity index (χ4n) is 6.87. The molecule has 2 aliphatic rings. The molecule has 3 rings (SSSR count). The van der Waals surface area contributed by atoms with Crippen LogP contribution in [0.15, 0.2) is 26.7 Å². The van der Waals surface area contributed by atoms with Gasteiger partial charge in [0.25, 0.3) is 0 Å². The Kier molecular flexibility index (Phi) is 26.4. The minimum absolute atomic E-state index is 1.28. The first-order valence-electron chi connectivity index (χ1n) is 21.2. The summed E-state index contributed by atoms with van der Waals surface area (Å²) in [6, 6.07) is 0. The van der Waals surface area contributed by atoms with Crippen molar-refractivity contribution in [1.29, 1.82) is 0 Å². The van der Waals surface area contributed by atoms with Gasteiger partial charge < -0.3 is 4.57 Å². The minimum Gasteiger partial charge on any atom is -0.350 e. The van der Waals surface area contributed by atoms with Crippen molar-refractivity contribution in [2.24, 2.45) is 7.05 Å². The number of nitrogens with zero attached hydrogens (tertiary/aromatic N) is 1. The van der Waals surface area contributed by atoms with Crippen LogP contribution in [0.25, 0.3) is 0 Å². The van der Waals surface area contributed by atoms with E-state index < -0.39 is 0 Å². The van der Waals surface area contributed by atoms with E-state index in [9.17, 15) is 0 Å². The largest absolute Gasteiger partial charge is 0.350 e. The topological polar surface area (TPSA) is 4.93 Å². The highest BCUT2D eigenvalue weighted by Gasteiger charge is 2.32. The average Bonchev–Trinajstić information content (AvgIpc) is 3.80. The van der Waals surface area contributed by atoms with Gasteiger partial charge in [0.15, 0.2) is 0 Å². The molecule has 50 heavy (non-hydrogen) atoms. The van der Waals surface area contributed by atoms with E-state index in [1.807, 2.05) is 23.5 Å². The van der Waals surface area contributed by atoms with Crippen molar-refractivity contribution in [2.75, 3.05) is 11.5 Å². The Balaban J connectivity index is 1.30. The number of fused-ring (bicyclic) bond motifs is 1. The van der Waals surface area contributed by atoms with Crippen LogP contribution in [0.3, 0.4) is 0 Å². The van der Waals surface area contributed by atoms with Crippen LogP contribution >= 0.6 is 70.6 Å². The number of rotatable bonds is 32. The number of unbranched alkanes of at least 4 members (excludes halogenated alkanes) is 26. The maximum atomic E-state index is 2.37. The third kappa shape index (κ3) is 18.0. The molecule has 0 amide bonds. The van der Waals surface area contributed by atoms with Crippen LogP contribution in [-0.2, 0) is 7.05 Å². The molecule has 0 spiro atoms. The first-order valence-corrected chi connectivity index (χ1v) is 26.4. The summed E-state index contributed by atoms with van der Waals surface area (Å²) in [5.41, 5.74) is 2.85. The summed E-state index contributed by atoms with van der Waals surface area (Å²) in [5, 5.41) is 0. The molecule has 0 bridgehead atoms. The van der Waals surface area contributed by atoms with Gasteiger partial charge in [-0.1, -0.05) is 228 Å². The molecule has 7 heteroatoms. The van der Waals surface area contributed by atoms with Gasteiger partial charge in [0.2, 0.25) is 0 Å². The Morgan fingerprint density at radius 3 is 0.940 bits per heavy atom. The fraction of sp³-hybridized carbons (Fsp3) is 0.814. The summed E-state index contributed by atoms with van der Waals surface area (Å²) in [4.78, 5) is 3.00. The van der Waals surface area contributed by atoms with Crippen LogP contribution in [-0.4, -0.2) is 16.1 Å². The lowest BCUT2D eigenvalue weighted by Gasteiger charge is -2.06. The maximum Gasteiger partial charge on any atom is 0.0717 e. The Labute approximate surface area is 336 Å². The summed E-state index contributed by atoms with van der Waals surface area (Å²) < 4.78 is 8.65. The summed E-state index contributed by atoms with van der Waals surface area (Å²) in [5.74, 6) is 2.57. The van der Waals surface area contributed by atoms with E-state index in [1.54, 1.807) is 12.7 Å². The van der Waals surface area contributed by atoms with Gasteiger partial charge in [0.1, 0.15) is 0 Å². The van der Waals surface area contributed by atoms with Crippen molar-refractivity contribution in [2.45, 2.75) is 217 Å². The van der Waals surface area contributed by atoms with E-state index >= 15 is 0 Å². The molecule has 1 aromatic heterocycles. The molecular weight excluding hydrogens is 723 g/mol. The fourth-order valence-corrected chi connectivity index (χ4v) is 16.0. The lowest BCUT2D eigenvalue weighted by Crippen LogP contribution is -1.93. The molecular formula is C43H75NS6. The molecule has 2 aliphatic heterocycles. The highest BCUT2D eigenvalue weighted by Crippen LogP contribution is 2.65. The molecule has 0 unspecified atom stereocenters.